The molecular weight excluding hydrogens is 412 g/mol. The molecule has 2 bridgehead atoms. The summed E-state index contributed by atoms with van der Waals surface area (Å²) < 4.78 is 35.0. The average Bonchev–Trinajstić information content (AvgIpc) is 2.68. The van der Waals surface area contributed by atoms with Crippen LogP contribution in [-0.4, -0.2) is 52.7 Å². The van der Waals surface area contributed by atoms with Crippen LogP contribution in [0.1, 0.15) is 44.4 Å². The van der Waals surface area contributed by atoms with Crippen LogP contribution in [0.25, 0.3) is 0 Å². The molecule has 2 aliphatic heterocycles. The molecule has 2 aliphatic rings. The van der Waals surface area contributed by atoms with E-state index in [9.17, 15) is 28.3 Å². The number of rotatable bonds is 3. The Bertz CT molecular complexity index is 1110. The second-order valence-corrected chi connectivity index (χ2v) is 7.70. The maximum atomic E-state index is 14.0. The fourth-order valence-corrected chi connectivity index (χ4v) is 3.92. The number of hydrogen-bond acceptors (Lipinski definition) is 5. The third-order valence-electron chi connectivity index (χ3n) is 5.51. The topological polar surface area (TPSA) is 101 Å². The predicted molar refractivity (Wildman–Crippen MR) is 105 cm³/mol. The van der Waals surface area contributed by atoms with Gasteiger partial charge >= 0.3 is 0 Å². The van der Waals surface area contributed by atoms with E-state index in [4.69, 9.17) is 4.74 Å². The Kier molecular flexibility index (Phi) is 5.48. The highest BCUT2D eigenvalue weighted by atomic mass is 19.1. The summed E-state index contributed by atoms with van der Waals surface area (Å²) in [4.78, 5) is 39.5. The fraction of sp³-hybridized carbons (Fsp3) is 0.381. The zero-order chi connectivity index (χ0) is 22.3. The van der Waals surface area contributed by atoms with Crippen LogP contribution < -0.4 is 10.7 Å². The first-order chi connectivity index (χ1) is 14.8. The molecule has 2 aromatic rings. The molecule has 4 rings (SSSR count). The van der Waals surface area contributed by atoms with Crippen LogP contribution in [0.3, 0.4) is 0 Å². The number of aromatic hydroxyl groups is 1. The summed E-state index contributed by atoms with van der Waals surface area (Å²) in [6, 6.07) is 1.88. The molecule has 1 atom stereocenters. The Morgan fingerprint density at radius 3 is 2.71 bits per heavy atom. The maximum absolute atomic E-state index is 14.0. The van der Waals surface area contributed by atoms with E-state index in [0.717, 1.165) is 12.1 Å². The number of carbonyl (C=O) groups is 2. The highest BCUT2D eigenvalue weighted by Gasteiger charge is 2.36. The second-order valence-electron chi connectivity index (χ2n) is 7.70. The number of nitrogens with one attached hydrogen (secondary N) is 1. The zero-order valence-corrected chi connectivity index (χ0v) is 16.8. The maximum Gasteiger partial charge on any atom is 0.274 e. The lowest BCUT2D eigenvalue weighted by molar-refractivity contribution is 0.0323. The number of fused-ring (bicyclic) bond motifs is 4. The Labute approximate surface area is 176 Å². The SMILES string of the molecule is Cc1cc(F)c(CNC(=O)c2cn3c(c(O)c2=O)C(=O)N2CCCOCC3C2)c(F)c1. The second kappa shape index (κ2) is 8.10. The summed E-state index contributed by atoms with van der Waals surface area (Å²) >= 11 is 0. The first-order valence-corrected chi connectivity index (χ1v) is 9.85. The average molecular weight is 433 g/mol. The van der Waals surface area contributed by atoms with E-state index in [1.54, 1.807) is 4.90 Å². The number of halogens is 2. The quantitative estimate of drug-likeness (QED) is 0.764. The number of aryl methyl sites for hydroxylation is 1. The number of benzene rings is 1. The summed E-state index contributed by atoms with van der Waals surface area (Å²) in [5.41, 5.74) is -1.61. The van der Waals surface area contributed by atoms with Crippen molar-refractivity contribution in [2.24, 2.45) is 0 Å². The molecule has 0 aliphatic carbocycles. The summed E-state index contributed by atoms with van der Waals surface area (Å²) in [5, 5.41) is 12.8. The third kappa shape index (κ3) is 3.78. The van der Waals surface area contributed by atoms with Gasteiger partial charge in [0.15, 0.2) is 11.4 Å². The van der Waals surface area contributed by atoms with E-state index in [1.165, 1.54) is 17.7 Å². The van der Waals surface area contributed by atoms with Crippen molar-refractivity contribution in [3.63, 3.8) is 0 Å². The standard InChI is InChI=1S/C21H21F2N3O5/c1-11-5-15(22)13(16(23)6-11)7-24-20(29)14-9-26-12-8-25(3-2-4-31-10-12)21(30)17(26)19(28)18(14)27/h5-6,9,12,28H,2-4,7-8,10H2,1H3,(H,24,29). The molecule has 3 heterocycles. The van der Waals surface area contributed by atoms with Gasteiger partial charge in [0.2, 0.25) is 5.43 Å². The molecule has 1 unspecified atom stereocenters. The Balaban J connectivity index is 1.66. The number of nitrogens with zero attached hydrogens (tertiary/aromatic N) is 2. The molecule has 10 heteroatoms. The normalized spacial score (nSPS) is 18.2. The smallest absolute Gasteiger partial charge is 0.274 e. The molecule has 0 saturated carbocycles. The molecule has 1 fully saturated rings. The van der Waals surface area contributed by atoms with Crippen molar-refractivity contribution in [3.8, 4) is 5.75 Å². The molecule has 2 N–H and O–H groups in total. The number of ether oxygens (including phenoxy) is 1. The van der Waals surface area contributed by atoms with Gasteiger partial charge in [-0.3, -0.25) is 14.4 Å². The monoisotopic (exact) mass is 433 g/mol. The van der Waals surface area contributed by atoms with Gasteiger partial charge in [0.05, 0.1) is 12.6 Å². The van der Waals surface area contributed by atoms with Gasteiger partial charge in [-0.25, -0.2) is 8.78 Å². The third-order valence-corrected chi connectivity index (χ3v) is 5.51. The van der Waals surface area contributed by atoms with Gasteiger partial charge in [0.25, 0.3) is 11.8 Å². The summed E-state index contributed by atoms with van der Waals surface area (Å²) in [6.07, 6.45) is 1.83. The lowest BCUT2D eigenvalue weighted by atomic mass is 10.1. The summed E-state index contributed by atoms with van der Waals surface area (Å²) in [7, 11) is 0. The minimum absolute atomic E-state index is 0.195. The van der Waals surface area contributed by atoms with Crippen LogP contribution in [-0.2, 0) is 11.3 Å². The van der Waals surface area contributed by atoms with Crippen LogP contribution >= 0.6 is 0 Å². The number of pyridine rings is 1. The van der Waals surface area contributed by atoms with Crippen molar-refractivity contribution in [2.45, 2.75) is 25.9 Å². The van der Waals surface area contributed by atoms with Crippen molar-refractivity contribution in [3.05, 3.63) is 62.6 Å². The van der Waals surface area contributed by atoms with Crippen LogP contribution in [0.15, 0.2) is 23.1 Å². The Hall–Kier alpha value is -3.27. The van der Waals surface area contributed by atoms with Crippen LogP contribution in [0.4, 0.5) is 8.78 Å². The van der Waals surface area contributed by atoms with Gasteiger partial charge in [-0.1, -0.05) is 0 Å². The zero-order valence-electron chi connectivity index (χ0n) is 16.8. The largest absolute Gasteiger partial charge is 0.503 e. The first kappa shape index (κ1) is 21.0. The van der Waals surface area contributed by atoms with Gasteiger partial charge in [-0.05, 0) is 31.0 Å². The minimum atomic E-state index is -1.03. The molecule has 0 radical (unpaired) electrons. The predicted octanol–water partition coefficient (Wildman–Crippen LogP) is 1.49. The number of carbonyl (C=O) groups excluding carboxylic acids is 2. The summed E-state index contributed by atoms with van der Waals surface area (Å²) in [6.45, 7) is 2.49. The van der Waals surface area contributed by atoms with Crippen molar-refractivity contribution < 1.29 is 28.2 Å². The molecule has 1 aromatic carbocycles. The summed E-state index contributed by atoms with van der Waals surface area (Å²) in [5.74, 6) is -3.89. The number of aromatic nitrogens is 1. The van der Waals surface area contributed by atoms with E-state index in [1.807, 2.05) is 0 Å². The molecule has 164 valence electrons. The lowest BCUT2D eigenvalue weighted by Gasteiger charge is -2.37. The van der Waals surface area contributed by atoms with Gasteiger partial charge in [-0.2, -0.15) is 0 Å². The minimum Gasteiger partial charge on any atom is -0.503 e. The van der Waals surface area contributed by atoms with Gasteiger partial charge < -0.3 is 24.6 Å². The molecule has 0 spiro atoms. The lowest BCUT2D eigenvalue weighted by Crippen LogP contribution is -2.48. The van der Waals surface area contributed by atoms with E-state index in [-0.39, 0.29) is 17.9 Å². The fourth-order valence-electron chi connectivity index (χ4n) is 3.92. The van der Waals surface area contributed by atoms with E-state index in [2.05, 4.69) is 5.32 Å². The molecule has 1 saturated heterocycles. The Morgan fingerprint density at radius 2 is 2.00 bits per heavy atom. The van der Waals surface area contributed by atoms with E-state index >= 15 is 0 Å². The molecular formula is C21H21F2N3O5. The van der Waals surface area contributed by atoms with Crippen molar-refractivity contribution in [1.82, 2.24) is 14.8 Å². The first-order valence-electron chi connectivity index (χ1n) is 9.85. The molecule has 8 nitrogen and oxygen atoms in total. The Morgan fingerprint density at radius 1 is 1.29 bits per heavy atom. The van der Waals surface area contributed by atoms with Crippen LogP contribution in [0.5, 0.6) is 5.75 Å². The van der Waals surface area contributed by atoms with Gasteiger partial charge in [0, 0.05) is 38.0 Å². The van der Waals surface area contributed by atoms with Gasteiger partial charge in [0.1, 0.15) is 17.2 Å². The molecule has 2 amide bonds. The van der Waals surface area contributed by atoms with Crippen molar-refractivity contribution in [2.75, 3.05) is 26.3 Å². The highest BCUT2D eigenvalue weighted by molar-refractivity contribution is 5.99. The van der Waals surface area contributed by atoms with Crippen molar-refractivity contribution >= 4 is 11.8 Å². The van der Waals surface area contributed by atoms with Crippen LogP contribution in [0.2, 0.25) is 0 Å². The number of hydrogen-bond donors (Lipinski definition) is 2. The van der Waals surface area contributed by atoms with E-state index < -0.39 is 52.8 Å². The highest BCUT2D eigenvalue weighted by Crippen LogP contribution is 2.28. The van der Waals surface area contributed by atoms with E-state index in [0.29, 0.717) is 31.7 Å². The molecule has 1 aromatic heterocycles. The molecule has 31 heavy (non-hydrogen) atoms. The van der Waals surface area contributed by atoms with Crippen LogP contribution in [0, 0.1) is 18.6 Å². The number of amides is 2. The van der Waals surface area contributed by atoms with Gasteiger partial charge in [-0.15, -0.1) is 0 Å². The van der Waals surface area contributed by atoms with Crippen molar-refractivity contribution in [1.29, 1.82) is 0 Å².